The first-order chi connectivity index (χ1) is 13.8. The second-order valence-corrected chi connectivity index (χ2v) is 17.0. The van der Waals surface area contributed by atoms with E-state index >= 15 is 0 Å². The van der Waals surface area contributed by atoms with Crippen LogP contribution in [0.25, 0.3) is 0 Å². The smallest absolute Gasteiger partial charge is 0.195 e. The van der Waals surface area contributed by atoms with E-state index in [-0.39, 0.29) is 5.41 Å². The van der Waals surface area contributed by atoms with E-state index in [0.717, 1.165) is 29.7 Å². The average molecular weight is 417 g/mol. The SMILES string of the molecule is CC(C)[Si]1(O[C@@H]2CC[C@]3(C)C4CC[C@]5(C)C(=O)CCC5C4CC[C@H]3C2)CCCC1. The zero-order valence-electron chi connectivity index (χ0n) is 19.5. The largest absolute Gasteiger partial charge is 0.414 e. The monoisotopic (exact) mass is 416 g/mol. The molecule has 2 nitrogen and oxygen atoms in total. The molecule has 1 saturated heterocycles. The molecule has 1 aliphatic heterocycles. The number of rotatable bonds is 3. The van der Waals surface area contributed by atoms with E-state index in [1.54, 1.807) is 0 Å². The lowest BCUT2D eigenvalue weighted by atomic mass is 9.45. The molecule has 3 unspecified atom stereocenters. The van der Waals surface area contributed by atoms with Crippen molar-refractivity contribution in [2.45, 2.75) is 122 Å². The summed E-state index contributed by atoms with van der Waals surface area (Å²) in [5.74, 6) is 3.84. The van der Waals surface area contributed by atoms with Crippen molar-refractivity contribution in [3.8, 4) is 0 Å². The zero-order chi connectivity index (χ0) is 20.4. The standard InChI is InChI=1S/C26H44O2Si/c1-18(2)29(15-5-6-16-29)28-20-11-13-25(3)19(17-20)7-8-21-22-9-10-24(27)26(22,4)14-12-23(21)25/h18-23H,5-17H2,1-4H3/t19-,20+,21?,22?,23?,25-,26-/m0/s1. The molecule has 29 heavy (non-hydrogen) atoms. The van der Waals surface area contributed by atoms with Gasteiger partial charge >= 0.3 is 0 Å². The highest BCUT2D eigenvalue weighted by molar-refractivity contribution is 6.75. The van der Waals surface area contributed by atoms with Crippen LogP contribution in [-0.4, -0.2) is 20.2 Å². The van der Waals surface area contributed by atoms with E-state index in [1.807, 2.05) is 0 Å². The Labute approximate surface area is 180 Å². The normalized spacial score (nSPS) is 49.0. The molecule has 0 N–H and O–H groups in total. The Morgan fingerprint density at radius 3 is 2.45 bits per heavy atom. The fourth-order valence-electron chi connectivity index (χ4n) is 9.23. The number of carbonyl (C=O) groups excluding carboxylic acids is 1. The Morgan fingerprint density at radius 2 is 1.72 bits per heavy atom. The third-order valence-corrected chi connectivity index (χ3v) is 16.5. The first-order valence-corrected chi connectivity index (χ1v) is 15.4. The third kappa shape index (κ3) is 3.07. The molecule has 5 rings (SSSR count). The Balaban J connectivity index is 1.31. The van der Waals surface area contributed by atoms with E-state index in [2.05, 4.69) is 27.7 Å². The van der Waals surface area contributed by atoms with Gasteiger partial charge in [-0.15, -0.1) is 0 Å². The van der Waals surface area contributed by atoms with Gasteiger partial charge in [0.25, 0.3) is 0 Å². The molecule has 0 spiro atoms. The molecule has 5 fully saturated rings. The first kappa shape index (κ1) is 20.7. The molecule has 5 aliphatic rings. The lowest BCUT2D eigenvalue weighted by Gasteiger charge is -2.60. The van der Waals surface area contributed by atoms with E-state index in [1.165, 1.54) is 76.3 Å². The highest BCUT2D eigenvalue weighted by atomic mass is 28.4. The minimum Gasteiger partial charge on any atom is -0.414 e. The predicted octanol–water partition coefficient (Wildman–Crippen LogP) is 7.13. The van der Waals surface area contributed by atoms with Gasteiger partial charge in [-0.1, -0.05) is 40.5 Å². The summed E-state index contributed by atoms with van der Waals surface area (Å²) >= 11 is 0. The second kappa shape index (κ2) is 7.19. The van der Waals surface area contributed by atoms with Gasteiger partial charge in [0, 0.05) is 17.9 Å². The third-order valence-electron chi connectivity index (χ3n) is 11.2. The summed E-state index contributed by atoms with van der Waals surface area (Å²) in [5.41, 5.74) is 1.32. The molecule has 0 aromatic carbocycles. The van der Waals surface area contributed by atoms with Gasteiger partial charge in [-0.3, -0.25) is 4.79 Å². The minimum absolute atomic E-state index is 0.0302. The summed E-state index contributed by atoms with van der Waals surface area (Å²) in [4.78, 5) is 12.6. The van der Waals surface area contributed by atoms with Gasteiger partial charge in [0.15, 0.2) is 8.32 Å². The number of hydrogen-bond acceptors (Lipinski definition) is 2. The second-order valence-electron chi connectivity index (χ2n) is 12.5. The van der Waals surface area contributed by atoms with Crippen molar-refractivity contribution >= 4 is 14.1 Å². The summed E-state index contributed by atoms with van der Waals surface area (Å²) in [6, 6.07) is 2.84. The molecule has 1 heterocycles. The molecule has 7 atom stereocenters. The molecule has 0 aromatic rings. The molecule has 0 aromatic heterocycles. The van der Waals surface area contributed by atoms with Crippen molar-refractivity contribution in [2.24, 2.45) is 34.5 Å². The van der Waals surface area contributed by atoms with Crippen LogP contribution in [0.15, 0.2) is 0 Å². The van der Waals surface area contributed by atoms with Crippen LogP contribution < -0.4 is 0 Å². The summed E-state index contributed by atoms with van der Waals surface area (Å²) in [7, 11) is -1.49. The van der Waals surface area contributed by atoms with Crippen LogP contribution in [-0.2, 0) is 9.22 Å². The lowest BCUT2D eigenvalue weighted by molar-refractivity contribution is -0.141. The van der Waals surface area contributed by atoms with Crippen molar-refractivity contribution in [2.75, 3.05) is 0 Å². The summed E-state index contributed by atoms with van der Waals surface area (Å²) in [6.45, 7) is 9.85. The zero-order valence-corrected chi connectivity index (χ0v) is 20.5. The van der Waals surface area contributed by atoms with Crippen molar-refractivity contribution < 1.29 is 9.22 Å². The van der Waals surface area contributed by atoms with E-state index in [9.17, 15) is 4.79 Å². The fraction of sp³-hybridized carbons (Fsp3) is 0.962. The van der Waals surface area contributed by atoms with E-state index in [0.29, 0.717) is 23.2 Å². The minimum atomic E-state index is -1.49. The molecular formula is C26H44O2Si. The van der Waals surface area contributed by atoms with Crippen molar-refractivity contribution in [1.29, 1.82) is 0 Å². The van der Waals surface area contributed by atoms with Gasteiger partial charge in [-0.05, 0) is 98.1 Å². The summed E-state index contributed by atoms with van der Waals surface area (Å²) in [5, 5.41) is 0. The van der Waals surface area contributed by atoms with Crippen LogP contribution in [0.5, 0.6) is 0 Å². The summed E-state index contributed by atoms with van der Waals surface area (Å²) < 4.78 is 7.13. The van der Waals surface area contributed by atoms with Gasteiger partial charge < -0.3 is 4.43 Å². The number of Topliss-reactive ketones (excluding diaryl/α,β-unsaturated/α-hetero) is 1. The first-order valence-electron chi connectivity index (χ1n) is 13.0. The van der Waals surface area contributed by atoms with Crippen LogP contribution in [0.4, 0.5) is 0 Å². The highest BCUT2D eigenvalue weighted by Gasteiger charge is 2.60. The van der Waals surface area contributed by atoms with Crippen LogP contribution in [0, 0.1) is 34.5 Å². The number of fused-ring (bicyclic) bond motifs is 5. The number of hydrogen-bond donors (Lipinski definition) is 0. The molecule has 0 bridgehead atoms. The van der Waals surface area contributed by atoms with Gasteiger partial charge in [-0.2, -0.15) is 0 Å². The van der Waals surface area contributed by atoms with Crippen molar-refractivity contribution in [3.05, 3.63) is 0 Å². The van der Waals surface area contributed by atoms with Gasteiger partial charge in [0.2, 0.25) is 0 Å². The van der Waals surface area contributed by atoms with Crippen LogP contribution in [0.3, 0.4) is 0 Å². The lowest BCUT2D eigenvalue weighted by Crippen LogP contribution is -2.55. The van der Waals surface area contributed by atoms with E-state index < -0.39 is 8.32 Å². The molecular weight excluding hydrogens is 372 g/mol. The average Bonchev–Trinajstić information content (AvgIpc) is 3.28. The fourth-order valence-corrected chi connectivity index (χ4v) is 13.7. The topological polar surface area (TPSA) is 26.3 Å². The predicted molar refractivity (Wildman–Crippen MR) is 121 cm³/mol. The Hall–Kier alpha value is -0.153. The quantitative estimate of drug-likeness (QED) is 0.457. The molecule has 0 amide bonds. The number of ketones is 1. The molecule has 164 valence electrons. The van der Waals surface area contributed by atoms with Crippen molar-refractivity contribution in [1.82, 2.24) is 0 Å². The van der Waals surface area contributed by atoms with Crippen LogP contribution in [0.1, 0.15) is 98.3 Å². The van der Waals surface area contributed by atoms with E-state index in [4.69, 9.17) is 4.43 Å². The Kier molecular flexibility index (Phi) is 5.14. The number of carbonyl (C=O) groups is 1. The van der Waals surface area contributed by atoms with Gasteiger partial charge in [0.05, 0.1) is 0 Å². The van der Waals surface area contributed by atoms with Gasteiger partial charge in [-0.25, -0.2) is 0 Å². The van der Waals surface area contributed by atoms with Gasteiger partial charge in [0.1, 0.15) is 5.78 Å². The van der Waals surface area contributed by atoms with Crippen LogP contribution in [0.2, 0.25) is 17.6 Å². The van der Waals surface area contributed by atoms with Crippen molar-refractivity contribution in [3.63, 3.8) is 0 Å². The Morgan fingerprint density at radius 1 is 0.966 bits per heavy atom. The maximum absolute atomic E-state index is 12.6. The maximum atomic E-state index is 12.6. The molecule has 3 heteroatoms. The highest BCUT2D eigenvalue weighted by Crippen LogP contribution is 2.65. The Bertz CT molecular complexity index is 653. The molecule has 4 aliphatic carbocycles. The molecule has 0 radical (unpaired) electrons. The molecule has 4 saturated carbocycles. The maximum Gasteiger partial charge on any atom is 0.195 e. The van der Waals surface area contributed by atoms with Crippen LogP contribution >= 0.6 is 0 Å². The summed E-state index contributed by atoms with van der Waals surface area (Å²) in [6.07, 6.45) is 14.7.